The number of amides is 2. The number of nitrogens with zero attached hydrogens (tertiary/aromatic N) is 1. The zero-order chi connectivity index (χ0) is 14.8. The van der Waals surface area contributed by atoms with Crippen molar-refractivity contribution < 1.29 is 4.79 Å². The van der Waals surface area contributed by atoms with Gasteiger partial charge in [0.05, 0.1) is 0 Å². The fourth-order valence-corrected chi connectivity index (χ4v) is 3.27. The van der Waals surface area contributed by atoms with Gasteiger partial charge in [-0.05, 0) is 36.1 Å². The Hall–Kier alpha value is -1.55. The first-order valence-corrected chi connectivity index (χ1v) is 8.05. The first-order chi connectivity index (χ1) is 10.2. The van der Waals surface area contributed by atoms with Crippen LogP contribution in [0.25, 0.3) is 0 Å². The summed E-state index contributed by atoms with van der Waals surface area (Å²) in [5.41, 5.74) is 3.53. The largest absolute Gasteiger partial charge is 0.323 e. The first kappa shape index (κ1) is 14.4. The highest BCUT2D eigenvalue weighted by atomic mass is 16.2. The summed E-state index contributed by atoms with van der Waals surface area (Å²) >= 11 is 0. The van der Waals surface area contributed by atoms with Gasteiger partial charge in [0.15, 0.2) is 0 Å². The third-order valence-corrected chi connectivity index (χ3v) is 4.77. The van der Waals surface area contributed by atoms with E-state index < -0.39 is 0 Å². The van der Waals surface area contributed by atoms with Crippen LogP contribution in [0.1, 0.15) is 49.8 Å². The van der Waals surface area contributed by atoms with Crippen LogP contribution in [0.3, 0.4) is 0 Å². The van der Waals surface area contributed by atoms with E-state index in [1.807, 2.05) is 7.05 Å². The molecule has 2 aliphatic rings. The van der Waals surface area contributed by atoms with E-state index >= 15 is 0 Å². The van der Waals surface area contributed by atoms with Crippen LogP contribution in [0, 0.1) is 5.92 Å². The van der Waals surface area contributed by atoms with E-state index in [4.69, 9.17) is 0 Å². The summed E-state index contributed by atoms with van der Waals surface area (Å²) in [4.78, 5) is 13.4. The molecule has 4 nitrogen and oxygen atoms in total. The van der Waals surface area contributed by atoms with Crippen molar-refractivity contribution in [3.63, 3.8) is 0 Å². The summed E-state index contributed by atoms with van der Waals surface area (Å²) in [6.07, 6.45) is 5.39. The Morgan fingerprint density at radius 3 is 2.90 bits per heavy atom. The predicted octanol–water partition coefficient (Wildman–Crippen LogP) is 3.50. The molecule has 1 fully saturated rings. The first-order valence-electron chi connectivity index (χ1n) is 8.05. The number of urea groups is 1. The van der Waals surface area contributed by atoms with E-state index in [1.54, 1.807) is 4.90 Å². The maximum Gasteiger partial charge on any atom is 0.321 e. The molecule has 2 N–H and O–H groups in total. The Bertz CT molecular complexity index is 525. The van der Waals surface area contributed by atoms with E-state index in [2.05, 4.69) is 35.8 Å². The third-order valence-electron chi connectivity index (χ3n) is 4.77. The number of hydrogen-bond acceptors (Lipinski definition) is 2. The molecule has 1 atom stereocenters. The van der Waals surface area contributed by atoms with Gasteiger partial charge in [-0.25, -0.2) is 4.79 Å². The minimum absolute atomic E-state index is 0.0204. The summed E-state index contributed by atoms with van der Waals surface area (Å²) in [5, 5.41) is 6.56. The number of fused-ring (bicyclic) bond motifs is 1. The fraction of sp³-hybridized carbons (Fsp3) is 0.588. The number of anilines is 1. The van der Waals surface area contributed by atoms with Crippen molar-refractivity contribution in [3.05, 3.63) is 29.3 Å². The number of carbonyl (C=O) groups excluding carboxylic acids is 1. The molecule has 1 aromatic rings. The fourth-order valence-electron chi connectivity index (χ4n) is 3.27. The third kappa shape index (κ3) is 3.05. The second-order valence-corrected chi connectivity index (χ2v) is 6.35. The minimum Gasteiger partial charge on any atom is -0.323 e. The molecule has 21 heavy (non-hydrogen) atoms. The van der Waals surface area contributed by atoms with Gasteiger partial charge in [-0.3, -0.25) is 0 Å². The van der Waals surface area contributed by atoms with Crippen molar-refractivity contribution in [2.45, 2.75) is 45.2 Å². The standard InChI is InChI=1S/C17H25N3O/c1-3-18-16(9-12-5-4-6-12)13-7-8-15-14(10-13)11-20(2)17(21)19-15/h7-8,10,12,16,18H,3-6,9,11H2,1-2H3,(H,19,21). The van der Waals surface area contributed by atoms with Gasteiger partial charge in [0.25, 0.3) is 0 Å². The van der Waals surface area contributed by atoms with E-state index in [-0.39, 0.29) is 6.03 Å². The zero-order valence-corrected chi connectivity index (χ0v) is 13.0. The van der Waals surface area contributed by atoms with Crippen LogP contribution >= 0.6 is 0 Å². The van der Waals surface area contributed by atoms with Gasteiger partial charge in [0.1, 0.15) is 0 Å². The Morgan fingerprint density at radius 2 is 2.24 bits per heavy atom. The quantitative estimate of drug-likeness (QED) is 0.870. The highest BCUT2D eigenvalue weighted by molar-refractivity contribution is 5.92. The molecule has 1 aliphatic heterocycles. The number of rotatable bonds is 5. The molecular weight excluding hydrogens is 262 g/mol. The second-order valence-electron chi connectivity index (χ2n) is 6.35. The molecule has 1 aromatic carbocycles. The Labute approximate surface area is 126 Å². The maximum atomic E-state index is 11.7. The monoisotopic (exact) mass is 287 g/mol. The molecule has 0 aromatic heterocycles. The maximum absolute atomic E-state index is 11.7. The second kappa shape index (κ2) is 6.06. The van der Waals surface area contributed by atoms with E-state index in [9.17, 15) is 4.79 Å². The van der Waals surface area contributed by atoms with Crippen LogP contribution in [0.2, 0.25) is 0 Å². The molecule has 1 heterocycles. The van der Waals surface area contributed by atoms with Crippen molar-refractivity contribution in [2.75, 3.05) is 18.9 Å². The topological polar surface area (TPSA) is 44.4 Å². The molecule has 0 spiro atoms. The lowest BCUT2D eigenvalue weighted by molar-refractivity contribution is 0.218. The summed E-state index contributed by atoms with van der Waals surface area (Å²) in [5.74, 6) is 0.882. The number of nitrogens with one attached hydrogen (secondary N) is 2. The smallest absolute Gasteiger partial charge is 0.321 e. The Balaban J connectivity index is 1.79. The lowest BCUT2D eigenvalue weighted by atomic mass is 9.79. The zero-order valence-electron chi connectivity index (χ0n) is 13.0. The van der Waals surface area contributed by atoms with Crippen molar-refractivity contribution in [1.82, 2.24) is 10.2 Å². The molecule has 3 rings (SSSR count). The molecule has 0 radical (unpaired) electrons. The van der Waals surface area contributed by atoms with Gasteiger partial charge in [0, 0.05) is 25.3 Å². The molecule has 0 bridgehead atoms. The molecular formula is C17H25N3O. The van der Waals surface area contributed by atoms with E-state index in [0.29, 0.717) is 12.6 Å². The molecule has 2 amide bonds. The lowest BCUT2D eigenvalue weighted by Gasteiger charge is -2.31. The highest BCUT2D eigenvalue weighted by Gasteiger charge is 2.24. The van der Waals surface area contributed by atoms with Crippen LogP contribution < -0.4 is 10.6 Å². The SMILES string of the molecule is CCNC(CC1CCC1)c1ccc2c(c1)CN(C)C(=O)N2. The van der Waals surface area contributed by atoms with Crippen LogP contribution in [0.15, 0.2) is 18.2 Å². The van der Waals surface area contributed by atoms with Gasteiger partial charge in [0.2, 0.25) is 0 Å². The molecule has 1 saturated carbocycles. The van der Waals surface area contributed by atoms with Crippen LogP contribution in [0.5, 0.6) is 0 Å². The number of hydrogen-bond donors (Lipinski definition) is 2. The molecule has 114 valence electrons. The Kier molecular flexibility index (Phi) is 4.15. The normalized spacial score (nSPS) is 19.7. The van der Waals surface area contributed by atoms with Gasteiger partial charge in [-0.1, -0.05) is 38.3 Å². The van der Waals surface area contributed by atoms with E-state index in [1.165, 1.54) is 36.8 Å². The van der Waals surface area contributed by atoms with Crippen LogP contribution in [-0.4, -0.2) is 24.5 Å². The Morgan fingerprint density at radius 1 is 1.43 bits per heavy atom. The molecule has 1 aliphatic carbocycles. The van der Waals surface area contributed by atoms with Crippen molar-refractivity contribution in [1.29, 1.82) is 0 Å². The molecule has 0 saturated heterocycles. The van der Waals surface area contributed by atoms with Crippen LogP contribution in [-0.2, 0) is 6.54 Å². The summed E-state index contributed by atoms with van der Waals surface area (Å²) in [6, 6.07) is 6.90. The molecule has 4 heteroatoms. The van der Waals surface area contributed by atoms with Crippen molar-refractivity contribution in [2.24, 2.45) is 5.92 Å². The summed E-state index contributed by atoms with van der Waals surface area (Å²) < 4.78 is 0. The average molecular weight is 287 g/mol. The summed E-state index contributed by atoms with van der Waals surface area (Å²) in [7, 11) is 1.83. The van der Waals surface area contributed by atoms with Crippen molar-refractivity contribution >= 4 is 11.7 Å². The molecule has 1 unspecified atom stereocenters. The van der Waals surface area contributed by atoms with Crippen molar-refractivity contribution in [3.8, 4) is 0 Å². The average Bonchev–Trinajstić information content (AvgIpc) is 2.42. The van der Waals surface area contributed by atoms with Gasteiger partial charge >= 0.3 is 6.03 Å². The number of benzene rings is 1. The lowest BCUT2D eigenvalue weighted by Crippen LogP contribution is -2.35. The van der Waals surface area contributed by atoms with E-state index in [0.717, 1.165) is 18.2 Å². The summed E-state index contributed by atoms with van der Waals surface area (Å²) in [6.45, 7) is 3.85. The van der Waals surface area contributed by atoms with Gasteiger partial charge in [-0.15, -0.1) is 0 Å². The predicted molar refractivity (Wildman–Crippen MR) is 85.3 cm³/mol. The van der Waals surface area contributed by atoms with Gasteiger partial charge < -0.3 is 15.5 Å². The highest BCUT2D eigenvalue weighted by Crippen LogP contribution is 2.36. The van der Waals surface area contributed by atoms with Crippen LogP contribution in [0.4, 0.5) is 10.5 Å². The minimum atomic E-state index is -0.0204. The van der Waals surface area contributed by atoms with Gasteiger partial charge in [-0.2, -0.15) is 0 Å². The number of carbonyl (C=O) groups is 1.